The SMILES string of the molecule is CCc1noc(C)c1C(=O)N1CC(C)Oc2c(Cl)cccc21. The summed E-state index contributed by atoms with van der Waals surface area (Å²) in [5.41, 5.74) is 1.88. The van der Waals surface area contributed by atoms with Crippen LogP contribution in [-0.2, 0) is 6.42 Å². The molecule has 2 aromatic rings. The smallest absolute Gasteiger partial charge is 0.264 e. The van der Waals surface area contributed by atoms with Crippen LogP contribution in [0.2, 0.25) is 5.02 Å². The molecule has 0 saturated heterocycles. The lowest BCUT2D eigenvalue weighted by Crippen LogP contribution is -2.42. The fourth-order valence-electron chi connectivity index (χ4n) is 2.68. The first-order valence-electron chi connectivity index (χ1n) is 7.25. The molecule has 0 saturated carbocycles. The maximum atomic E-state index is 13.0. The second kappa shape index (κ2) is 5.65. The van der Waals surface area contributed by atoms with Crippen LogP contribution in [0.25, 0.3) is 0 Å². The van der Waals surface area contributed by atoms with Crippen LogP contribution in [0.3, 0.4) is 0 Å². The van der Waals surface area contributed by atoms with Gasteiger partial charge in [-0.15, -0.1) is 0 Å². The van der Waals surface area contributed by atoms with Gasteiger partial charge in [0.2, 0.25) is 0 Å². The predicted molar refractivity (Wildman–Crippen MR) is 83.8 cm³/mol. The number of fused-ring (bicyclic) bond motifs is 1. The van der Waals surface area contributed by atoms with Gasteiger partial charge >= 0.3 is 0 Å². The lowest BCUT2D eigenvalue weighted by molar-refractivity contribution is 0.0959. The number of carbonyl (C=O) groups is 1. The van der Waals surface area contributed by atoms with Gasteiger partial charge in [0.1, 0.15) is 17.4 Å². The van der Waals surface area contributed by atoms with Crippen molar-refractivity contribution in [2.45, 2.75) is 33.3 Å². The van der Waals surface area contributed by atoms with E-state index in [4.69, 9.17) is 20.9 Å². The van der Waals surface area contributed by atoms with Gasteiger partial charge in [-0.2, -0.15) is 0 Å². The van der Waals surface area contributed by atoms with E-state index in [-0.39, 0.29) is 12.0 Å². The van der Waals surface area contributed by atoms with Crippen molar-refractivity contribution < 1.29 is 14.1 Å². The summed E-state index contributed by atoms with van der Waals surface area (Å²) in [6.07, 6.45) is 0.502. The highest BCUT2D eigenvalue weighted by Gasteiger charge is 2.32. The van der Waals surface area contributed by atoms with Gasteiger partial charge < -0.3 is 14.2 Å². The van der Waals surface area contributed by atoms with Crippen molar-refractivity contribution in [3.05, 3.63) is 40.2 Å². The molecular formula is C16H17ClN2O3. The second-order valence-electron chi connectivity index (χ2n) is 5.35. The Balaban J connectivity index is 2.07. The molecule has 22 heavy (non-hydrogen) atoms. The van der Waals surface area contributed by atoms with Crippen molar-refractivity contribution in [1.82, 2.24) is 5.16 Å². The summed E-state index contributed by atoms with van der Waals surface area (Å²) in [7, 11) is 0. The highest BCUT2D eigenvalue weighted by atomic mass is 35.5. The van der Waals surface area contributed by atoms with Crippen LogP contribution in [-0.4, -0.2) is 23.7 Å². The largest absolute Gasteiger partial charge is 0.485 e. The van der Waals surface area contributed by atoms with Gasteiger partial charge in [0, 0.05) is 0 Å². The van der Waals surface area contributed by atoms with E-state index in [1.54, 1.807) is 17.9 Å². The summed E-state index contributed by atoms with van der Waals surface area (Å²) < 4.78 is 11.0. The zero-order valence-corrected chi connectivity index (χ0v) is 13.5. The van der Waals surface area contributed by atoms with Crippen molar-refractivity contribution in [2.75, 3.05) is 11.4 Å². The molecule has 0 N–H and O–H groups in total. The molecule has 1 aliphatic heterocycles. The molecule has 2 heterocycles. The summed E-state index contributed by atoms with van der Waals surface area (Å²) in [5, 5.41) is 4.46. The Morgan fingerprint density at radius 1 is 1.50 bits per heavy atom. The van der Waals surface area contributed by atoms with Gasteiger partial charge in [-0.1, -0.05) is 29.7 Å². The highest BCUT2D eigenvalue weighted by Crippen LogP contribution is 2.40. The number of hydrogen-bond acceptors (Lipinski definition) is 4. The van der Waals surface area contributed by atoms with Crippen molar-refractivity contribution in [2.24, 2.45) is 0 Å². The Labute approximate surface area is 133 Å². The zero-order valence-electron chi connectivity index (χ0n) is 12.7. The normalized spacial score (nSPS) is 17.1. The number of rotatable bonds is 2. The highest BCUT2D eigenvalue weighted by molar-refractivity contribution is 6.32. The van der Waals surface area contributed by atoms with Crippen molar-refractivity contribution >= 4 is 23.2 Å². The summed E-state index contributed by atoms with van der Waals surface area (Å²) in [4.78, 5) is 14.7. The van der Waals surface area contributed by atoms with Crippen molar-refractivity contribution in [3.63, 3.8) is 0 Å². The number of halogens is 1. The number of para-hydroxylation sites is 1. The van der Waals surface area contributed by atoms with E-state index in [0.29, 0.717) is 46.4 Å². The molecule has 1 aliphatic rings. The Kier molecular flexibility index (Phi) is 3.83. The number of benzene rings is 1. The van der Waals surface area contributed by atoms with Crippen LogP contribution in [0.1, 0.15) is 35.7 Å². The molecule has 0 bridgehead atoms. The molecule has 1 atom stereocenters. The first-order chi connectivity index (χ1) is 10.5. The van der Waals surface area contributed by atoms with Gasteiger partial charge in [0.05, 0.1) is 22.9 Å². The Bertz CT molecular complexity index is 726. The van der Waals surface area contributed by atoms with Crippen molar-refractivity contribution in [1.29, 1.82) is 0 Å². The lowest BCUT2D eigenvalue weighted by atomic mass is 10.1. The molecule has 0 aliphatic carbocycles. The molecular weight excluding hydrogens is 304 g/mol. The maximum absolute atomic E-state index is 13.0. The molecule has 6 heteroatoms. The summed E-state index contributed by atoms with van der Waals surface area (Å²) in [6.45, 7) is 6.07. The van der Waals surface area contributed by atoms with E-state index in [9.17, 15) is 4.79 Å². The zero-order chi connectivity index (χ0) is 15.9. The number of nitrogens with zero attached hydrogens (tertiary/aromatic N) is 2. The average Bonchev–Trinajstić information content (AvgIpc) is 2.87. The number of hydrogen-bond donors (Lipinski definition) is 0. The minimum absolute atomic E-state index is 0.130. The third-order valence-electron chi connectivity index (χ3n) is 3.72. The van der Waals surface area contributed by atoms with Crippen LogP contribution in [0.4, 0.5) is 5.69 Å². The summed E-state index contributed by atoms with van der Waals surface area (Å²) in [6, 6.07) is 5.39. The number of ether oxygens (including phenoxy) is 1. The van der Waals surface area contributed by atoms with Crippen LogP contribution in [0.15, 0.2) is 22.7 Å². The first kappa shape index (κ1) is 14.9. The Morgan fingerprint density at radius 2 is 2.27 bits per heavy atom. The fraction of sp³-hybridized carbons (Fsp3) is 0.375. The third-order valence-corrected chi connectivity index (χ3v) is 4.02. The van der Waals surface area contributed by atoms with Crippen LogP contribution < -0.4 is 9.64 Å². The quantitative estimate of drug-likeness (QED) is 0.848. The van der Waals surface area contributed by atoms with Gasteiger partial charge in [-0.25, -0.2) is 0 Å². The molecule has 3 rings (SSSR count). The molecule has 1 amide bonds. The maximum Gasteiger partial charge on any atom is 0.264 e. The molecule has 116 valence electrons. The number of aryl methyl sites for hydroxylation is 2. The van der Waals surface area contributed by atoms with Crippen LogP contribution in [0.5, 0.6) is 5.75 Å². The summed E-state index contributed by atoms with van der Waals surface area (Å²) >= 11 is 6.20. The monoisotopic (exact) mass is 320 g/mol. The van der Waals surface area contributed by atoms with Gasteiger partial charge in [0.25, 0.3) is 5.91 Å². The Morgan fingerprint density at radius 3 is 3.00 bits per heavy atom. The van der Waals surface area contributed by atoms with Gasteiger partial charge in [-0.05, 0) is 32.4 Å². The number of aromatic nitrogens is 1. The van der Waals surface area contributed by atoms with Crippen LogP contribution in [0, 0.1) is 6.92 Å². The fourth-order valence-corrected chi connectivity index (χ4v) is 2.90. The van der Waals surface area contributed by atoms with Crippen LogP contribution >= 0.6 is 11.6 Å². The second-order valence-corrected chi connectivity index (χ2v) is 5.75. The third kappa shape index (κ3) is 2.35. The number of amides is 1. The van der Waals surface area contributed by atoms with E-state index >= 15 is 0 Å². The molecule has 0 spiro atoms. The standard InChI is InChI=1S/C16H17ClN2O3/c1-4-12-14(10(3)22-18-12)16(20)19-8-9(2)21-15-11(17)6-5-7-13(15)19/h5-7,9H,4,8H2,1-3H3. The molecule has 5 nitrogen and oxygen atoms in total. The summed E-state index contributed by atoms with van der Waals surface area (Å²) in [5.74, 6) is 0.947. The molecule has 1 unspecified atom stereocenters. The molecule has 1 aromatic carbocycles. The topological polar surface area (TPSA) is 55.6 Å². The molecule has 0 radical (unpaired) electrons. The predicted octanol–water partition coefficient (Wildman–Crippen LogP) is 3.63. The van der Waals surface area contributed by atoms with E-state index in [0.717, 1.165) is 0 Å². The lowest BCUT2D eigenvalue weighted by Gasteiger charge is -2.33. The first-order valence-corrected chi connectivity index (χ1v) is 7.62. The van der Waals surface area contributed by atoms with E-state index in [2.05, 4.69) is 5.16 Å². The van der Waals surface area contributed by atoms with E-state index in [1.807, 2.05) is 26.0 Å². The van der Waals surface area contributed by atoms with E-state index < -0.39 is 0 Å². The van der Waals surface area contributed by atoms with Gasteiger partial charge in [-0.3, -0.25) is 4.79 Å². The van der Waals surface area contributed by atoms with E-state index in [1.165, 1.54) is 0 Å². The molecule has 1 aromatic heterocycles. The Hall–Kier alpha value is -2.01. The molecule has 0 fully saturated rings. The number of anilines is 1. The van der Waals surface area contributed by atoms with Gasteiger partial charge in [0.15, 0.2) is 5.75 Å². The van der Waals surface area contributed by atoms with Crippen molar-refractivity contribution in [3.8, 4) is 5.75 Å². The number of carbonyl (C=O) groups excluding carboxylic acids is 1. The average molecular weight is 321 g/mol. The minimum atomic E-state index is -0.137. The minimum Gasteiger partial charge on any atom is -0.485 e.